The Hall–Kier alpha value is -2.87. The first-order valence-electron chi connectivity index (χ1n) is 12.1. The summed E-state index contributed by atoms with van der Waals surface area (Å²) in [7, 11) is 1.98. The second-order valence-corrected chi connectivity index (χ2v) is 9.90. The molecule has 1 atom stereocenters. The van der Waals surface area contributed by atoms with Crippen LogP contribution in [-0.4, -0.2) is 39.8 Å². The van der Waals surface area contributed by atoms with Crippen molar-refractivity contribution in [1.82, 2.24) is 20.1 Å². The molecule has 8 heteroatoms. The molecule has 0 amide bonds. The third-order valence-corrected chi connectivity index (χ3v) is 7.27. The molecule has 2 N–H and O–H groups in total. The van der Waals surface area contributed by atoms with Crippen LogP contribution in [0.15, 0.2) is 71.5 Å². The fourth-order valence-electron chi connectivity index (χ4n) is 3.88. The van der Waals surface area contributed by atoms with Gasteiger partial charge in [0.05, 0.1) is 11.9 Å². The number of nitrogens with one attached hydrogen (secondary N) is 1. The average Bonchev–Trinajstić information content (AvgIpc) is 3.31. The van der Waals surface area contributed by atoms with Gasteiger partial charge in [-0.2, -0.15) is 0 Å². The number of rotatable bonds is 9. The zero-order chi connectivity index (χ0) is 25.9. The maximum Gasteiger partial charge on any atom is 0.196 e. The number of aryl methyl sites for hydroxylation is 2. The van der Waals surface area contributed by atoms with Crippen molar-refractivity contribution >= 4 is 35.3 Å². The molecule has 3 aromatic rings. The average molecular weight is 525 g/mol. The Kier molecular flexibility index (Phi) is 10.8. The van der Waals surface area contributed by atoms with Crippen molar-refractivity contribution in [2.45, 2.75) is 49.9 Å². The summed E-state index contributed by atoms with van der Waals surface area (Å²) in [5.41, 5.74) is 6.20. The van der Waals surface area contributed by atoms with E-state index in [1.165, 1.54) is 28.1 Å². The molecule has 0 aliphatic heterocycles. The maximum absolute atomic E-state index is 8.92. The number of hydrogen-bond donors (Lipinski definition) is 2. The molecule has 6 nitrogen and oxygen atoms in total. The molecule has 0 fully saturated rings. The molecule has 1 aromatic heterocycles. The largest absolute Gasteiger partial charge is 0.391 e. The van der Waals surface area contributed by atoms with E-state index in [9.17, 15) is 0 Å². The number of nitrogens with zero attached hydrogens (tertiary/aromatic N) is 3. The van der Waals surface area contributed by atoms with Gasteiger partial charge in [0.25, 0.3) is 0 Å². The number of aldehydes is 1. The van der Waals surface area contributed by atoms with Gasteiger partial charge >= 0.3 is 0 Å². The number of benzene rings is 2. The van der Waals surface area contributed by atoms with Crippen LogP contribution in [0.4, 0.5) is 0 Å². The normalized spacial score (nSPS) is 13.7. The fraction of sp³-hybridized carbons (Fsp3) is 0.321. The summed E-state index contributed by atoms with van der Waals surface area (Å²) in [4.78, 5) is 8.92. The molecule has 2 aromatic carbocycles. The van der Waals surface area contributed by atoms with Crippen LogP contribution in [0.25, 0.3) is 5.70 Å². The van der Waals surface area contributed by atoms with Crippen molar-refractivity contribution < 1.29 is 9.90 Å². The van der Waals surface area contributed by atoms with Gasteiger partial charge in [0.2, 0.25) is 0 Å². The summed E-state index contributed by atoms with van der Waals surface area (Å²) >= 11 is 7.93. The first-order chi connectivity index (χ1) is 17.5. The Morgan fingerprint density at radius 1 is 1.08 bits per heavy atom. The van der Waals surface area contributed by atoms with E-state index in [2.05, 4.69) is 82.5 Å². The first kappa shape index (κ1) is 27.7. The molecule has 0 spiro atoms. The van der Waals surface area contributed by atoms with Gasteiger partial charge in [0.1, 0.15) is 12.1 Å². The van der Waals surface area contributed by atoms with Crippen LogP contribution in [0.5, 0.6) is 0 Å². The molecule has 1 heterocycles. The maximum atomic E-state index is 8.92. The fourth-order valence-corrected chi connectivity index (χ4v) is 5.22. The van der Waals surface area contributed by atoms with Crippen LogP contribution in [0.1, 0.15) is 54.0 Å². The van der Waals surface area contributed by atoms with Gasteiger partial charge < -0.3 is 15.2 Å². The van der Waals surface area contributed by atoms with Gasteiger partial charge in [-0.3, -0.25) is 4.57 Å². The van der Waals surface area contributed by atoms with Gasteiger partial charge in [-0.1, -0.05) is 72.2 Å². The molecule has 1 unspecified atom stereocenters. The number of aliphatic hydroxyl groups excluding tert-OH is 1. The van der Waals surface area contributed by atoms with Crippen molar-refractivity contribution in [3.05, 3.63) is 93.9 Å². The minimum absolute atomic E-state index is 0.0953. The number of carbonyl (C=O) groups excluding carboxylic acids is 1. The van der Waals surface area contributed by atoms with E-state index in [-0.39, 0.29) is 11.9 Å². The monoisotopic (exact) mass is 524 g/mol. The molecule has 0 bridgehead atoms. The number of thioether (sulfide) groups is 1. The van der Waals surface area contributed by atoms with Crippen LogP contribution >= 0.6 is 23.4 Å². The summed E-state index contributed by atoms with van der Waals surface area (Å²) in [5.74, 6) is 1.03. The minimum atomic E-state index is -0.361. The highest BCUT2D eigenvalue weighted by Gasteiger charge is 2.23. The number of hydrogen-bond acceptors (Lipinski definition) is 6. The Morgan fingerprint density at radius 2 is 1.72 bits per heavy atom. The molecule has 190 valence electrons. The predicted octanol–water partition coefficient (Wildman–Crippen LogP) is 5.99. The van der Waals surface area contributed by atoms with Crippen LogP contribution in [0.3, 0.4) is 0 Å². The molecule has 1 aliphatic rings. The quantitative estimate of drug-likeness (QED) is 0.264. The Labute approximate surface area is 222 Å². The van der Waals surface area contributed by atoms with E-state index < -0.39 is 0 Å². The third kappa shape index (κ3) is 7.32. The van der Waals surface area contributed by atoms with E-state index in [0.717, 1.165) is 41.7 Å². The lowest BCUT2D eigenvalue weighted by atomic mass is 10.0. The molecule has 0 radical (unpaired) electrons. The lowest BCUT2D eigenvalue weighted by Crippen LogP contribution is -2.12. The van der Waals surface area contributed by atoms with Gasteiger partial charge in [0.15, 0.2) is 5.16 Å². The first-order valence-corrected chi connectivity index (χ1v) is 13.3. The van der Waals surface area contributed by atoms with Crippen molar-refractivity contribution in [3.63, 3.8) is 0 Å². The Bertz CT molecular complexity index is 1140. The summed E-state index contributed by atoms with van der Waals surface area (Å²) in [6.45, 7) is 3.94. The van der Waals surface area contributed by atoms with Crippen molar-refractivity contribution in [1.29, 1.82) is 0 Å². The molecule has 4 rings (SSSR count). The van der Waals surface area contributed by atoms with Crippen molar-refractivity contribution in [2.24, 2.45) is 0 Å². The number of halogens is 1. The SMILES string of the molecule is CCCc1nnc(SC(c2ccc(C)cc2)c2ccc(Cl)cc2)n1C1=CC=C(NC)CC1.O=CCO. The highest BCUT2D eigenvalue weighted by molar-refractivity contribution is 7.99. The van der Waals surface area contributed by atoms with Crippen molar-refractivity contribution in [3.8, 4) is 0 Å². The zero-order valence-corrected chi connectivity index (χ0v) is 22.5. The number of carbonyl (C=O) groups is 1. The van der Waals surface area contributed by atoms with Crippen LogP contribution < -0.4 is 5.32 Å². The van der Waals surface area contributed by atoms with Crippen LogP contribution in [-0.2, 0) is 11.2 Å². The molecule has 36 heavy (non-hydrogen) atoms. The van der Waals surface area contributed by atoms with E-state index >= 15 is 0 Å². The number of aromatic nitrogens is 3. The highest BCUT2D eigenvalue weighted by Crippen LogP contribution is 2.41. The predicted molar refractivity (Wildman–Crippen MR) is 148 cm³/mol. The molecular weight excluding hydrogens is 492 g/mol. The molecule has 1 aliphatic carbocycles. The standard InChI is InChI=1S/C26H29ClN4S.C2H4O2/c1-4-5-24-29-30-26(31(24)23-16-14-22(28-3)15-17-23)32-25(19-8-6-18(2)7-9-19)20-10-12-21(27)13-11-20;3-1-2-4/h6-14,16,25,28H,4-5,15,17H2,1-3H3;1,4H,2H2. The molecule has 0 saturated carbocycles. The van der Waals surface area contributed by atoms with Gasteiger partial charge in [0, 0.05) is 29.9 Å². The lowest BCUT2D eigenvalue weighted by Gasteiger charge is -2.21. The second kappa shape index (κ2) is 14.0. The smallest absolute Gasteiger partial charge is 0.196 e. The van der Waals surface area contributed by atoms with Gasteiger partial charge in [-0.15, -0.1) is 10.2 Å². The molecular formula is C28H33ClN4O2S. The molecule has 0 saturated heterocycles. The lowest BCUT2D eigenvalue weighted by molar-refractivity contribution is -0.110. The topological polar surface area (TPSA) is 80.0 Å². The Balaban J connectivity index is 0.000000840. The van der Waals surface area contributed by atoms with Crippen LogP contribution in [0.2, 0.25) is 5.02 Å². The van der Waals surface area contributed by atoms with E-state index in [1.54, 1.807) is 11.8 Å². The van der Waals surface area contributed by atoms with E-state index in [1.807, 2.05) is 19.2 Å². The summed E-state index contributed by atoms with van der Waals surface area (Å²) < 4.78 is 2.27. The summed E-state index contributed by atoms with van der Waals surface area (Å²) in [6.07, 6.45) is 8.69. The van der Waals surface area contributed by atoms with Crippen LogP contribution in [0, 0.1) is 6.92 Å². The van der Waals surface area contributed by atoms with Crippen molar-refractivity contribution in [2.75, 3.05) is 13.7 Å². The van der Waals surface area contributed by atoms with Gasteiger partial charge in [-0.25, -0.2) is 0 Å². The third-order valence-electron chi connectivity index (χ3n) is 5.76. The zero-order valence-electron chi connectivity index (χ0n) is 20.9. The minimum Gasteiger partial charge on any atom is -0.391 e. The highest BCUT2D eigenvalue weighted by atomic mass is 35.5. The number of aliphatic hydroxyl groups is 1. The van der Waals surface area contributed by atoms with Gasteiger partial charge in [-0.05, 0) is 61.6 Å². The van der Waals surface area contributed by atoms with E-state index in [4.69, 9.17) is 21.5 Å². The summed E-state index contributed by atoms with van der Waals surface area (Å²) in [5, 5.41) is 21.8. The second-order valence-electron chi connectivity index (χ2n) is 8.39. The summed E-state index contributed by atoms with van der Waals surface area (Å²) in [6, 6.07) is 16.9. The number of allylic oxidation sites excluding steroid dienone is 4. The van der Waals surface area contributed by atoms with E-state index in [0.29, 0.717) is 6.29 Å². The Morgan fingerprint density at radius 3 is 2.25 bits per heavy atom.